The van der Waals surface area contributed by atoms with Crippen molar-refractivity contribution in [3.63, 3.8) is 0 Å². The third-order valence-corrected chi connectivity index (χ3v) is 2.82. The van der Waals surface area contributed by atoms with Crippen LogP contribution in [0.15, 0.2) is 24.3 Å². The van der Waals surface area contributed by atoms with E-state index in [4.69, 9.17) is 22.4 Å². The Morgan fingerprint density at radius 1 is 1.44 bits per heavy atom. The lowest BCUT2D eigenvalue weighted by atomic mass is 10.1. The molecule has 1 aromatic carbocycles. The molecule has 0 heterocycles. The Bertz CT molecular complexity index is 451. The van der Waals surface area contributed by atoms with Gasteiger partial charge in [0.05, 0.1) is 12.5 Å². The molecule has 3 N–H and O–H groups in total. The van der Waals surface area contributed by atoms with E-state index in [1.165, 1.54) is 4.90 Å². The van der Waals surface area contributed by atoms with Crippen LogP contribution in [0.1, 0.15) is 12.0 Å². The topological polar surface area (TPSA) is 83.6 Å². The number of carboxylic acid groups (broad SMARTS) is 1. The zero-order chi connectivity index (χ0) is 13.7. The first-order chi connectivity index (χ1) is 8.41. The first-order valence-corrected chi connectivity index (χ1v) is 5.75. The van der Waals surface area contributed by atoms with Gasteiger partial charge in [-0.25, -0.2) is 0 Å². The Hall–Kier alpha value is -1.59. The minimum absolute atomic E-state index is 0.297. The summed E-state index contributed by atoms with van der Waals surface area (Å²) in [4.78, 5) is 23.6. The number of likely N-dealkylation sites (N-methyl/N-ethyl adjacent to an activating group) is 1. The molecule has 1 atom stereocenters. The summed E-state index contributed by atoms with van der Waals surface area (Å²) in [5.41, 5.74) is 6.30. The van der Waals surface area contributed by atoms with Gasteiger partial charge in [0, 0.05) is 18.6 Å². The van der Waals surface area contributed by atoms with Crippen LogP contribution in [0, 0.1) is 0 Å². The summed E-state index contributed by atoms with van der Waals surface area (Å²) < 4.78 is 0. The normalized spacial score (nSPS) is 11.9. The number of carboxylic acids is 1. The third kappa shape index (κ3) is 4.01. The number of hydrogen-bond donors (Lipinski definition) is 2. The van der Waals surface area contributed by atoms with Gasteiger partial charge in [0.1, 0.15) is 0 Å². The van der Waals surface area contributed by atoms with Crippen molar-refractivity contribution in [3.05, 3.63) is 34.9 Å². The van der Waals surface area contributed by atoms with Crippen LogP contribution in [0.2, 0.25) is 5.02 Å². The second-order valence-corrected chi connectivity index (χ2v) is 4.40. The Balaban J connectivity index is 2.65. The van der Waals surface area contributed by atoms with E-state index in [9.17, 15) is 9.59 Å². The lowest BCUT2D eigenvalue weighted by molar-refractivity contribution is -0.141. The molecule has 0 aliphatic rings. The average molecular weight is 271 g/mol. The van der Waals surface area contributed by atoms with Crippen molar-refractivity contribution in [1.29, 1.82) is 0 Å². The molecule has 0 fully saturated rings. The van der Waals surface area contributed by atoms with Crippen molar-refractivity contribution < 1.29 is 14.7 Å². The Morgan fingerprint density at radius 2 is 2.06 bits per heavy atom. The van der Waals surface area contributed by atoms with Gasteiger partial charge in [-0.2, -0.15) is 0 Å². The summed E-state index contributed by atoms with van der Waals surface area (Å²) >= 11 is 5.97. The fourth-order valence-corrected chi connectivity index (χ4v) is 1.71. The molecule has 6 heteroatoms. The molecule has 0 spiro atoms. The zero-order valence-corrected chi connectivity index (χ0v) is 10.7. The van der Waals surface area contributed by atoms with Gasteiger partial charge in [-0.1, -0.05) is 29.8 Å². The van der Waals surface area contributed by atoms with Crippen LogP contribution in [-0.2, 0) is 16.1 Å². The zero-order valence-electron chi connectivity index (χ0n) is 9.97. The van der Waals surface area contributed by atoms with Crippen molar-refractivity contribution in [3.8, 4) is 0 Å². The average Bonchev–Trinajstić information content (AvgIpc) is 2.30. The van der Waals surface area contributed by atoms with Crippen LogP contribution in [-0.4, -0.2) is 35.0 Å². The third-order valence-electron chi connectivity index (χ3n) is 2.45. The van der Waals surface area contributed by atoms with Gasteiger partial charge in [0.15, 0.2) is 0 Å². The molecule has 1 aromatic rings. The van der Waals surface area contributed by atoms with Crippen LogP contribution in [0.4, 0.5) is 0 Å². The standard InChI is InChI=1S/C12H15ClN2O3/c1-15(12(18)10(14)6-11(16)17)7-8-4-2-3-5-9(8)13/h2-5,10H,6-7,14H2,1H3,(H,16,17). The molecule has 0 saturated heterocycles. The number of nitrogens with two attached hydrogens (primary N) is 1. The van der Waals surface area contributed by atoms with E-state index in [1.54, 1.807) is 25.2 Å². The Morgan fingerprint density at radius 3 is 2.61 bits per heavy atom. The molecule has 98 valence electrons. The van der Waals surface area contributed by atoms with E-state index >= 15 is 0 Å². The molecule has 0 radical (unpaired) electrons. The van der Waals surface area contributed by atoms with Crippen LogP contribution >= 0.6 is 11.6 Å². The Kier molecular flexibility index (Phi) is 5.12. The fourth-order valence-electron chi connectivity index (χ4n) is 1.52. The maximum absolute atomic E-state index is 11.8. The molecule has 18 heavy (non-hydrogen) atoms. The fraction of sp³-hybridized carbons (Fsp3) is 0.333. The first kappa shape index (κ1) is 14.5. The highest BCUT2D eigenvalue weighted by molar-refractivity contribution is 6.31. The predicted octanol–water partition coefficient (Wildman–Crippen LogP) is 1.10. The number of hydrogen-bond acceptors (Lipinski definition) is 3. The van der Waals surface area contributed by atoms with Gasteiger partial charge < -0.3 is 15.7 Å². The lowest BCUT2D eigenvalue weighted by Gasteiger charge is -2.21. The van der Waals surface area contributed by atoms with Crippen LogP contribution in [0.5, 0.6) is 0 Å². The van der Waals surface area contributed by atoms with E-state index < -0.39 is 17.9 Å². The van der Waals surface area contributed by atoms with Gasteiger partial charge in [0.2, 0.25) is 5.91 Å². The molecular weight excluding hydrogens is 256 g/mol. The molecular formula is C12H15ClN2O3. The van der Waals surface area contributed by atoms with Crippen molar-refractivity contribution in [2.45, 2.75) is 19.0 Å². The van der Waals surface area contributed by atoms with Crippen molar-refractivity contribution in [2.75, 3.05) is 7.05 Å². The van der Waals surface area contributed by atoms with Gasteiger partial charge in [0.25, 0.3) is 0 Å². The molecule has 0 aliphatic heterocycles. The van der Waals surface area contributed by atoms with Crippen LogP contribution < -0.4 is 5.73 Å². The highest BCUT2D eigenvalue weighted by Crippen LogP contribution is 2.16. The minimum Gasteiger partial charge on any atom is -0.481 e. The summed E-state index contributed by atoms with van der Waals surface area (Å²) in [6.45, 7) is 0.297. The second-order valence-electron chi connectivity index (χ2n) is 3.99. The maximum Gasteiger partial charge on any atom is 0.305 e. The number of aliphatic carboxylic acids is 1. The lowest BCUT2D eigenvalue weighted by Crippen LogP contribution is -2.42. The number of amides is 1. The van der Waals surface area contributed by atoms with E-state index in [1.807, 2.05) is 6.07 Å². The molecule has 5 nitrogen and oxygen atoms in total. The smallest absolute Gasteiger partial charge is 0.305 e. The highest BCUT2D eigenvalue weighted by atomic mass is 35.5. The Labute approximate surface area is 110 Å². The molecule has 0 aromatic heterocycles. The van der Waals surface area contributed by atoms with Crippen molar-refractivity contribution in [2.24, 2.45) is 5.73 Å². The quantitative estimate of drug-likeness (QED) is 0.839. The number of nitrogens with zero attached hydrogens (tertiary/aromatic N) is 1. The summed E-state index contributed by atoms with van der Waals surface area (Å²) in [5, 5.41) is 9.14. The number of rotatable bonds is 5. The van der Waals surface area contributed by atoms with Crippen LogP contribution in [0.25, 0.3) is 0 Å². The predicted molar refractivity (Wildman–Crippen MR) is 68.2 cm³/mol. The summed E-state index contributed by atoms with van der Waals surface area (Å²) in [6, 6.07) is 6.11. The first-order valence-electron chi connectivity index (χ1n) is 5.37. The van der Waals surface area contributed by atoms with Gasteiger partial charge in [-0.3, -0.25) is 9.59 Å². The summed E-state index contributed by atoms with van der Waals surface area (Å²) in [7, 11) is 1.56. The molecule has 0 aliphatic carbocycles. The van der Waals surface area contributed by atoms with Gasteiger partial charge in [-0.15, -0.1) is 0 Å². The molecule has 1 rings (SSSR count). The maximum atomic E-state index is 11.8. The van der Waals surface area contributed by atoms with Crippen LogP contribution in [0.3, 0.4) is 0 Å². The molecule has 0 bridgehead atoms. The van der Waals surface area contributed by atoms with Gasteiger partial charge in [-0.05, 0) is 11.6 Å². The van der Waals surface area contributed by atoms with E-state index in [0.29, 0.717) is 11.6 Å². The summed E-state index contributed by atoms with van der Waals surface area (Å²) in [6.07, 6.45) is -0.383. The number of benzene rings is 1. The van der Waals surface area contributed by atoms with E-state index in [-0.39, 0.29) is 6.42 Å². The summed E-state index contributed by atoms with van der Waals surface area (Å²) in [5.74, 6) is -1.51. The van der Waals surface area contributed by atoms with Crippen molar-refractivity contribution >= 4 is 23.5 Å². The second kappa shape index (κ2) is 6.37. The SMILES string of the molecule is CN(Cc1ccccc1Cl)C(=O)C(N)CC(=O)O. The van der Waals surface area contributed by atoms with E-state index in [0.717, 1.165) is 5.56 Å². The number of carbonyl (C=O) groups is 2. The number of halogens is 1. The van der Waals surface area contributed by atoms with Gasteiger partial charge >= 0.3 is 5.97 Å². The molecule has 0 saturated carbocycles. The molecule has 1 amide bonds. The number of carbonyl (C=O) groups excluding carboxylic acids is 1. The monoisotopic (exact) mass is 270 g/mol. The molecule has 1 unspecified atom stereocenters. The van der Waals surface area contributed by atoms with E-state index in [2.05, 4.69) is 0 Å². The minimum atomic E-state index is -1.10. The largest absolute Gasteiger partial charge is 0.481 e. The van der Waals surface area contributed by atoms with Crippen molar-refractivity contribution in [1.82, 2.24) is 4.90 Å². The highest BCUT2D eigenvalue weighted by Gasteiger charge is 2.21.